The van der Waals surface area contributed by atoms with E-state index < -0.39 is 32.0 Å². The van der Waals surface area contributed by atoms with Crippen LogP contribution in [0.25, 0.3) is 17.1 Å². The van der Waals surface area contributed by atoms with Crippen molar-refractivity contribution in [1.82, 2.24) is 9.55 Å². The monoisotopic (exact) mass is 560 g/mol. The van der Waals surface area contributed by atoms with E-state index in [2.05, 4.69) is 20.9 Å². The van der Waals surface area contributed by atoms with Gasteiger partial charge in [0.1, 0.15) is 23.0 Å². The van der Waals surface area contributed by atoms with E-state index in [0.29, 0.717) is 4.47 Å². The minimum Gasteiger partial charge on any atom is -0.494 e. The van der Waals surface area contributed by atoms with Crippen LogP contribution in [0.3, 0.4) is 0 Å². The van der Waals surface area contributed by atoms with Gasteiger partial charge in [-0.1, -0.05) is 22.0 Å². The molecule has 0 aliphatic rings. The van der Waals surface area contributed by atoms with E-state index in [4.69, 9.17) is 9.47 Å². The number of aromatic nitrogens is 2. The molecule has 0 spiro atoms. The Morgan fingerprint density at radius 1 is 0.943 bits per heavy atom. The fraction of sp³-hybridized carbons (Fsp3) is 0.0833. The highest BCUT2D eigenvalue weighted by molar-refractivity contribution is 9.10. The van der Waals surface area contributed by atoms with Crippen LogP contribution in [-0.4, -0.2) is 37.3 Å². The first-order valence-corrected chi connectivity index (χ1v) is 12.3. The van der Waals surface area contributed by atoms with Crippen molar-refractivity contribution in [1.29, 1.82) is 0 Å². The van der Waals surface area contributed by atoms with Crippen molar-refractivity contribution < 1.29 is 27.4 Å². The van der Waals surface area contributed by atoms with E-state index >= 15 is 0 Å². The Bertz CT molecular complexity index is 1550. The van der Waals surface area contributed by atoms with Gasteiger partial charge in [-0.05, 0) is 60.7 Å². The third-order valence-corrected chi connectivity index (χ3v) is 7.46. The minimum absolute atomic E-state index is 0.0917. The summed E-state index contributed by atoms with van der Waals surface area (Å²) in [7, 11) is -1.75. The maximum absolute atomic E-state index is 13.6. The lowest BCUT2D eigenvalue weighted by molar-refractivity contribution is 0.378. The highest BCUT2D eigenvalue weighted by atomic mass is 79.9. The van der Waals surface area contributed by atoms with Gasteiger partial charge in [0, 0.05) is 10.0 Å². The number of ether oxygens (including phenoxy) is 2. The molecule has 0 aliphatic carbocycles. The van der Waals surface area contributed by atoms with Gasteiger partial charge in [0.25, 0.3) is 5.56 Å². The summed E-state index contributed by atoms with van der Waals surface area (Å²) in [6, 6.07) is 15.3. The van der Waals surface area contributed by atoms with Crippen molar-refractivity contribution >= 4 is 25.8 Å². The lowest BCUT2D eigenvalue weighted by Crippen LogP contribution is -2.23. The SMILES string of the molecule is COc1cccc(OC)c1-n1c(-c2ccc(F)cc2)nc(=O)c(S(=O)(=O)c2ccc(Br)cc2)c1O. The number of benzene rings is 3. The lowest BCUT2D eigenvalue weighted by Gasteiger charge is -2.21. The molecule has 0 radical (unpaired) electrons. The standard InChI is InChI=1S/C24H18BrFN2O6S/c1-33-18-4-3-5-19(34-2)20(18)28-22(14-6-10-16(26)11-7-14)27-23(29)21(24(28)30)35(31,32)17-12-8-15(25)9-13-17/h3-13,30H,1-2H3. The summed E-state index contributed by atoms with van der Waals surface area (Å²) in [6.45, 7) is 0. The smallest absolute Gasteiger partial charge is 0.296 e. The molecule has 0 atom stereocenters. The Hall–Kier alpha value is -3.70. The van der Waals surface area contributed by atoms with Crippen LogP contribution < -0.4 is 15.0 Å². The predicted octanol–water partition coefficient (Wildman–Crippen LogP) is 4.36. The van der Waals surface area contributed by atoms with Crippen LogP contribution in [0.4, 0.5) is 4.39 Å². The number of para-hydroxylation sites is 1. The van der Waals surface area contributed by atoms with Crippen molar-refractivity contribution in [2.75, 3.05) is 14.2 Å². The van der Waals surface area contributed by atoms with Crippen molar-refractivity contribution in [3.63, 3.8) is 0 Å². The van der Waals surface area contributed by atoms with Gasteiger partial charge in [-0.15, -0.1) is 0 Å². The molecule has 4 aromatic rings. The fourth-order valence-corrected chi connectivity index (χ4v) is 5.12. The summed E-state index contributed by atoms with van der Waals surface area (Å²) in [5.41, 5.74) is -0.858. The molecular weight excluding hydrogens is 543 g/mol. The highest BCUT2D eigenvalue weighted by Crippen LogP contribution is 2.40. The zero-order valence-electron chi connectivity index (χ0n) is 18.4. The van der Waals surface area contributed by atoms with Gasteiger partial charge in [-0.25, -0.2) is 12.8 Å². The second kappa shape index (κ2) is 9.51. The van der Waals surface area contributed by atoms with Gasteiger partial charge < -0.3 is 14.6 Å². The molecule has 11 heteroatoms. The molecule has 1 heterocycles. The van der Waals surface area contributed by atoms with E-state index in [9.17, 15) is 22.7 Å². The Morgan fingerprint density at radius 2 is 1.51 bits per heavy atom. The number of sulfone groups is 1. The third-order valence-electron chi connectivity index (χ3n) is 5.15. The van der Waals surface area contributed by atoms with Crippen LogP contribution in [0.15, 0.2) is 85.8 Å². The minimum atomic E-state index is -4.50. The third kappa shape index (κ3) is 4.40. The van der Waals surface area contributed by atoms with E-state index in [1.165, 1.54) is 50.6 Å². The molecule has 0 saturated heterocycles. The Kier molecular flexibility index (Phi) is 6.64. The Morgan fingerprint density at radius 3 is 2.06 bits per heavy atom. The molecule has 8 nitrogen and oxygen atoms in total. The molecule has 0 amide bonds. The molecular formula is C24H18BrFN2O6S. The maximum Gasteiger partial charge on any atom is 0.296 e. The quantitative estimate of drug-likeness (QED) is 0.373. The van der Waals surface area contributed by atoms with Gasteiger partial charge in [-0.2, -0.15) is 4.98 Å². The van der Waals surface area contributed by atoms with Crippen LogP contribution >= 0.6 is 15.9 Å². The number of halogens is 2. The van der Waals surface area contributed by atoms with Crippen molar-refractivity contribution in [3.8, 4) is 34.5 Å². The molecule has 35 heavy (non-hydrogen) atoms. The molecule has 4 rings (SSSR count). The van der Waals surface area contributed by atoms with E-state index in [-0.39, 0.29) is 33.5 Å². The van der Waals surface area contributed by atoms with Crippen molar-refractivity contribution in [3.05, 3.63) is 87.4 Å². The van der Waals surface area contributed by atoms with Gasteiger partial charge in [-0.3, -0.25) is 9.36 Å². The second-order valence-corrected chi connectivity index (χ2v) is 10.0. The summed E-state index contributed by atoms with van der Waals surface area (Å²) < 4.78 is 53.0. The van der Waals surface area contributed by atoms with Gasteiger partial charge in [0.15, 0.2) is 10.7 Å². The number of rotatable bonds is 6. The molecule has 0 fully saturated rings. The summed E-state index contributed by atoms with van der Waals surface area (Å²) >= 11 is 3.23. The molecule has 1 aromatic heterocycles. The lowest BCUT2D eigenvalue weighted by atomic mass is 10.2. The number of hydrogen-bond acceptors (Lipinski definition) is 7. The fourth-order valence-electron chi connectivity index (χ4n) is 3.52. The van der Waals surface area contributed by atoms with Crippen LogP contribution in [0, 0.1) is 5.82 Å². The van der Waals surface area contributed by atoms with Gasteiger partial charge in [0.05, 0.1) is 19.1 Å². The normalized spacial score (nSPS) is 11.3. The summed E-state index contributed by atoms with van der Waals surface area (Å²) in [5.74, 6) is -1.20. The average molecular weight is 561 g/mol. The second-order valence-electron chi connectivity index (χ2n) is 7.20. The molecule has 0 bridgehead atoms. The number of methoxy groups -OCH3 is 2. The summed E-state index contributed by atoms with van der Waals surface area (Å²) in [6.07, 6.45) is 0. The zero-order chi connectivity index (χ0) is 25.3. The van der Waals surface area contributed by atoms with E-state index in [1.807, 2.05) is 0 Å². The summed E-state index contributed by atoms with van der Waals surface area (Å²) in [5, 5.41) is 11.4. The molecule has 0 unspecified atom stereocenters. The van der Waals surface area contributed by atoms with Crippen LogP contribution in [0.2, 0.25) is 0 Å². The zero-order valence-corrected chi connectivity index (χ0v) is 20.8. The Labute approximate surface area is 208 Å². The highest BCUT2D eigenvalue weighted by Gasteiger charge is 2.32. The van der Waals surface area contributed by atoms with Gasteiger partial charge in [0.2, 0.25) is 15.7 Å². The molecule has 1 N–H and O–H groups in total. The first kappa shape index (κ1) is 24.4. The van der Waals surface area contributed by atoms with Crippen LogP contribution in [-0.2, 0) is 9.84 Å². The predicted molar refractivity (Wildman–Crippen MR) is 130 cm³/mol. The number of hydrogen-bond donors (Lipinski definition) is 1. The molecule has 3 aromatic carbocycles. The van der Waals surface area contributed by atoms with Crippen molar-refractivity contribution in [2.45, 2.75) is 9.79 Å². The Balaban J connectivity index is 2.14. The van der Waals surface area contributed by atoms with Crippen LogP contribution in [0.1, 0.15) is 0 Å². The van der Waals surface area contributed by atoms with E-state index in [0.717, 1.165) is 16.7 Å². The number of nitrogens with zero attached hydrogens (tertiary/aromatic N) is 2. The first-order chi connectivity index (χ1) is 16.7. The summed E-state index contributed by atoms with van der Waals surface area (Å²) in [4.78, 5) is 15.9. The van der Waals surface area contributed by atoms with Crippen LogP contribution in [0.5, 0.6) is 17.4 Å². The van der Waals surface area contributed by atoms with E-state index in [1.54, 1.807) is 18.2 Å². The largest absolute Gasteiger partial charge is 0.494 e. The topological polar surface area (TPSA) is 108 Å². The van der Waals surface area contributed by atoms with Crippen molar-refractivity contribution in [2.24, 2.45) is 0 Å². The average Bonchev–Trinajstić information content (AvgIpc) is 2.84. The number of aromatic hydroxyl groups is 1. The first-order valence-electron chi connectivity index (χ1n) is 10.0. The molecule has 180 valence electrons. The van der Waals surface area contributed by atoms with Gasteiger partial charge >= 0.3 is 0 Å². The maximum atomic E-state index is 13.6. The molecule has 0 saturated carbocycles. The molecule has 0 aliphatic heterocycles.